The summed E-state index contributed by atoms with van der Waals surface area (Å²) in [6.45, 7) is 2.45. The standard InChI is InChI=1S/C12H18N2O4/c1-3-12(6-15,7-16)14-11(18)10-4-9(5-13-10)8(2)17/h4-5,13,15-16H,3,6-7H2,1-2H3,(H,14,18). The number of carbonyl (C=O) groups is 2. The summed E-state index contributed by atoms with van der Waals surface area (Å²) < 4.78 is 0. The van der Waals surface area contributed by atoms with E-state index in [4.69, 9.17) is 0 Å². The summed E-state index contributed by atoms with van der Waals surface area (Å²) in [5.74, 6) is -0.608. The number of amides is 1. The number of hydrogen-bond acceptors (Lipinski definition) is 4. The number of ketones is 1. The maximum Gasteiger partial charge on any atom is 0.268 e. The highest BCUT2D eigenvalue weighted by Gasteiger charge is 2.29. The summed E-state index contributed by atoms with van der Waals surface area (Å²) in [6.07, 6.45) is 1.84. The fourth-order valence-electron chi connectivity index (χ4n) is 1.48. The Bertz CT molecular complexity index is 427. The number of hydrogen-bond donors (Lipinski definition) is 4. The molecule has 6 heteroatoms. The van der Waals surface area contributed by atoms with E-state index in [0.29, 0.717) is 12.0 Å². The van der Waals surface area contributed by atoms with Crippen molar-refractivity contribution in [1.82, 2.24) is 10.3 Å². The monoisotopic (exact) mass is 254 g/mol. The van der Waals surface area contributed by atoms with Crippen LogP contribution < -0.4 is 5.32 Å². The van der Waals surface area contributed by atoms with Gasteiger partial charge in [-0.05, 0) is 19.4 Å². The second-order valence-electron chi connectivity index (χ2n) is 4.26. The van der Waals surface area contributed by atoms with Gasteiger partial charge in [-0.15, -0.1) is 0 Å². The SMILES string of the molecule is CCC(CO)(CO)NC(=O)c1cc(C(C)=O)c[nH]1. The summed E-state index contributed by atoms with van der Waals surface area (Å²) in [5, 5.41) is 21.0. The molecule has 0 aromatic carbocycles. The normalized spacial score (nSPS) is 11.3. The summed E-state index contributed by atoms with van der Waals surface area (Å²) in [6, 6.07) is 1.44. The lowest BCUT2D eigenvalue weighted by atomic mass is 9.98. The second-order valence-corrected chi connectivity index (χ2v) is 4.26. The van der Waals surface area contributed by atoms with Gasteiger partial charge >= 0.3 is 0 Å². The predicted octanol–water partition coefficient (Wildman–Crippen LogP) is 0.0805. The number of aliphatic hydroxyl groups is 2. The molecule has 1 amide bonds. The molecule has 0 aliphatic heterocycles. The van der Waals surface area contributed by atoms with Crippen molar-refractivity contribution in [2.45, 2.75) is 25.8 Å². The Kier molecular flexibility index (Phi) is 4.63. The Hall–Kier alpha value is -1.66. The number of aromatic amines is 1. The molecule has 0 spiro atoms. The number of carbonyl (C=O) groups excluding carboxylic acids is 2. The minimum Gasteiger partial charge on any atom is -0.394 e. The molecule has 100 valence electrons. The molecule has 0 unspecified atom stereocenters. The van der Waals surface area contributed by atoms with Gasteiger partial charge in [0.15, 0.2) is 5.78 Å². The highest BCUT2D eigenvalue weighted by molar-refractivity contribution is 5.99. The third-order valence-corrected chi connectivity index (χ3v) is 2.99. The van der Waals surface area contributed by atoms with Crippen LogP contribution in [-0.4, -0.2) is 45.6 Å². The van der Waals surface area contributed by atoms with Gasteiger partial charge in [0.25, 0.3) is 5.91 Å². The molecule has 0 bridgehead atoms. The van der Waals surface area contributed by atoms with Gasteiger partial charge in [-0.25, -0.2) is 0 Å². The summed E-state index contributed by atoms with van der Waals surface area (Å²) in [4.78, 5) is 25.7. The van der Waals surface area contributed by atoms with E-state index in [9.17, 15) is 19.8 Å². The molecule has 4 N–H and O–H groups in total. The van der Waals surface area contributed by atoms with E-state index in [1.807, 2.05) is 0 Å². The number of H-pyrrole nitrogens is 1. The molecule has 1 heterocycles. The Morgan fingerprint density at radius 1 is 1.39 bits per heavy atom. The first kappa shape index (κ1) is 14.4. The quantitative estimate of drug-likeness (QED) is 0.540. The topological polar surface area (TPSA) is 102 Å². The van der Waals surface area contributed by atoms with Crippen molar-refractivity contribution in [3.8, 4) is 0 Å². The second kappa shape index (κ2) is 5.79. The largest absolute Gasteiger partial charge is 0.394 e. The summed E-state index contributed by atoms with van der Waals surface area (Å²) in [7, 11) is 0. The van der Waals surface area contributed by atoms with Crippen LogP contribution in [0.2, 0.25) is 0 Å². The van der Waals surface area contributed by atoms with Crippen LogP contribution in [0.4, 0.5) is 0 Å². The molecule has 0 aliphatic rings. The minimum absolute atomic E-state index is 0.142. The minimum atomic E-state index is -1.04. The van der Waals surface area contributed by atoms with E-state index in [1.54, 1.807) is 6.92 Å². The third-order valence-electron chi connectivity index (χ3n) is 2.99. The molecular formula is C12H18N2O4. The van der Waals surface area contributed by atoms with Crippen LogP contribution in [0.15, 0.2) is 12.3 Å². The van der Waals surface area contributed by atoms with Gasteiger partial charge in [0.1, 0.15) is 5.69 Å². The molecule has 6 nitrogen and oxygen atoms in total. The van der Waals surface area contributed by atoms with E-state index in [0.717, 1.165) is 0 Å². The van der Waals surface area contributed by atoms with Crippen molar-refractivity contribution in [3.63, 3.8) is 0 Å². The van der Waals surface area contributed by atoms with Gasteiger partial charge in [-0.2, -0.15) is 0 Å². The number of aliphatic hydroxyl groups excluding tert-OH is 2. The van der Waals surface area contributed by atoms with Gasteiger partial charge in [-0.3, -0.25) is 9.59 Å². The van der Waals surface area contributed by atoms with E-state index in [2.05, 4.69) is 10.3 Å². The van der Waals surface area contributed by atoms with Crippen molar-refractivity contribution in [2.75, 3.05) is 13.2 Å². The van der Waals surface area contributed by atoms with Crippen molar-refractivity contribution in [3.05, 3.63) is 23.5 Å². The molecule has 1 aromatic heterocycles. The Morgan fingerprint density at radius 2 is 2.00 bits per heavy atom. The van der Waals surface area contributed by atoms with Crippen molar-refractivity contribution < 1.29 is 19.8 Å². The Balaban J connectivity index is 2.84. The Morgan fingerprint density at radius 3 is 2.39 bits per heavy atom. The van der Waals surface area contributed by atoms with Crippen LogP contribution in [0, 0.1) is 0 Å². The first-order valence-electron chi connectivity index (χ1n) is 5.71. The highest BCUT2D eigenvalue weighted by atomic mass is 16.3. The molecule has 1 rings (SSSR count). The van der Waals surface area contributed by atoms with Crippen LogP contribution in [-0.2, 0) is 0 Å². The zero-order valence-corrected chi connectivity index (χ0v) is 10.5. The van der Waals surface area contributed by atoms with E-state index >= 15 is 0 Å². The molecule has 0 radical (unpaired) electrons. The molecule has 0 fully saturated rings. The average molecular weight is 254 g/mol. The lowest BCUT2D eigenvalue weighted by Crippen LogP contribution is -2.53. The highest BCUT2D eigenvalue weighted by Crippen LogP contribution is 2.11. The first-order chi connectivity index (χ1) is 8.48. The molecule has 0 saturated carbocycles. The zero-order chi connectivity index (χ0) is 13.8. The van der Waals surface area contributed by atoms with Crippen LogP contribution in [0.5, 0.6) is 0 Å². The summed E-state index contributed by atoms with van der Waals surface area (Å²) in [5.41, 5.74) is -0.409. The lowest BCUT2D eigenvalue weighted by molar-refractivity contribution is 0.0649. The molecular weight excluding hydrogens is 236 g/mol. The van der Waals surface area contributed by atoms with Crippen LogP contribution in [0.25, 0.3) is 0 Å². The fraction of sp³-hybridized carbons (Fsp3) is 0.500. The smallest absolute Gasteiger partial charge is 0.268 e. The Labute approximate surface area is 105 Å². The van der Waals surface area contributed by atoms with Crippen molar-refractivity contribution in [1.29, 1.82) is 0 Å². The van der Waals surface area contributed by atoms with Gasteiger partial charge in [0.05, 0.1) is 18.8 Å². The van der Waals surface area contributed by atoms with Gasteiger partial charge in [0, 0.05) is 11.8 Å². The number of Topliss-reactive ketones (excluding diaryl/α,β-unsaturated/α-hetero) is 1. The number of rotatable bonds is 6. The fourth-order valence-corrected chi connectivity index (χ4v) is 1.48. The van der Waals surface area contributed by atoms with E-state index in [-0.39, 0.29) is 24.7 Å². The maximum absolute atomic E-state index is 11.9. The van der Waals surface area contributed by atoms with E-state index < -0.39 is 11.4 Å². The van der Waals surface area contributed by atoms with Crippen molar-refractivity contribution >= 4 is 11.7 Å². The molecule has 1 aromatic rings. The molecule has 18 heavy (non-hydrogen) atoms. The molecule has 0 atom stereocenters. The van der Waals surface area contributed by atoms with Crippen LogP contribution in [0.3, 0.4) is 0 Å². The van der Waals surface area contributed by atoms with E-state index in [1.165, 1.54) is 19.2 Å². The van der Waals surface area contributed by atoms with Crippen LogP contribution in [0.1, 0.15) is 41.1 Å². The summed E-state index contributed by atoms with van der Waals surface area (Å²) >= 11 is 0. The average Bonchev–Trinajstić information content (AvgIpc) is 2.86. The molecule has 0 aliphatic carbocycles. The van der Waals surface area contributed by atoms with Gasteiger partial charge in [0.2, 0.25) is 0 Å². The van der Waals surface area contributed by atoms with Crippen LogP contribution >= 0.6 is 0 Å². The number of aromatic nitrogens is 1. The van der Waals surface area contributed by atoms with Crippen molar-refractivity contribution in [2.24, 2.45) is 0 Å². The number of nitrogens with one attached hydrogen (secondary N) is 2. The third kappa shape index (κ3) is 2.96. The van der Waals surface area contributed by atoms with Gasteiger partial charge in [-0.1, -0.05) is 6.92 Å². The predicted molar refractivity (Wildman–Crippen MR) is 65.5 cm³/mol. The lowest BCUT2D eigenvalue weighted by Gasteiger charge is -2.29. The maximum atomic E-state index is 11.9. The first-order valence-corrected chi connectivity index (χ1v) is 5.71. The zero-order valence-electron chi connectivity index (χ0n) is 10.5. The van der Waals surface area contributed by atoms with Gasteiger partial charge < -0.3 is 20.5 Å². The molecule has 0 saturated heterocycles.